The molecule has 0 spiro atoms. The van der Waals surface area contributed by atoms with Crippen LogP contribution in [0.3, 0.4) is 0 Å². The zero-order valence-corrected chi connectivity index (χ0v) is 16.8. The van der Waals surface area contributed by atoms with Gasteiger partial charge in [-0.3, -0.25) is 9.59 Å². The minimum Gasteiger partial charge on any atom is -0.350 e. The average Bonchev–Trinajstić information content (AvgIpc) is 3.33. The number of likely N-dealkylation sites (N-methyl/N-ethyl adjacent to an activating group) is 1. The summed E-state index contributed by atoms with van der Waals surface area (Å²) < 4.78 is 0. The molecule has 0 saturated heterocycles. The second kappa shape index (κ2) is 7.90. The molecular weight excluding hydrogens is 382 g/mol. The van der Waals surface area contributed by atoms with Gasteiger partial charge in [-0.15, -0.1) is 17.8 Å². The van der Waals surface area contributed by atoms with Gasteiger partial charge in [-0.2, -0.15) is 0 Å². The SMILES string of the molecule is C#Cc1nc(C(=O)NCCc2cccc(-c3cccc4c3CC(=O)N4C)c2)cs1. The quantitative estimate of drug-likeness (QED) is 0.668. The van der Waals surface area contributed by atoms with Crippen LogP contribution >= 0.6 is 11.3 Å². The molecule has 2 amide bonds. The molecule has 1 aliphatic rings. The number of thiazole rings is 1. The Labute approximate surface area is 173 Å². The summed E-state index contributed by atoms with van der Waals surface area (Å²) in [5.41, 5.74) is 5.66. The van der Waals surface area contributed by atoms with E-state index >= 15 is 0 Å². The molecule has 2 heterocycles. The molecule has 5 nitrogen and oxygen atoms in total. The van der Waals surface area contributed by atoms with E-state index in [0.717, 1.165) is 27.9 Å². The van der Waals surface area contributed by atoms with Crippen LogP contribution in [0.25, 0.3) is 11.1 Å². The molecule has 3 aromatic rings. The fourth-order valence-corrected chi connectivity index (χ4v) is 4.10. The Hall–Kier alpha value is -3.43. The number of nitrogens with zero attached hydrogens (tertiary/aromatic N) is 2. The number of anilines is 1. The van der Waals surface area contributed by atoms with Crippen LogP contribution in [0.15, 0.2) is 47.8 Å². The van der Waals surface area contributed by atoms with Crippen molar-refractivity contribution in [1.82, 2.24) is 10.3 Å². The minimum atomic E-state index is -0.221. The fraction of sp³-hybridized carbons (Fsp3) is 0.174. The summed E-state index contributed by atoms with van der Waals surface area (Å²) >= 11 is 1.28. The van der Waals surface area contributed by atoms with Gasteiger partial charge in [0.1, 0.15) is 5.69 Å². The first-order valence-electron chi connectivity index (χ1n) is 9.25. The number of nitrogens with one attached hydrogen (secondary N) is 1. The van der Waals surface area contributed by atoms with E-state index in [1.807, 2.05) is 31.3 Å². The zero-order valence-electron chi connectivity index (χ0n) is 15.9. The molecule has 1 aliphatic heterocycles. The van der Waals surface area contributed by atoms with Gasteiger partial charge >= 0.3 is 0 Å². The largest absolute Gasteiger partial charge is 0.350 e. The van der Waals surface area contributed by atoms with Crippen LogP contribution in [-0.4, -0.2) is 30.4 Å². The summed E-state index contributed by atoms with van der Waals surface area (Å²) in [6.45, 7) is 0.499. The first-order chi connectivity index (χ1) is 14.1. The topological polar surface area (TPSA) is 62.3 Å². The lowest BCUT2D eigenvalue weighted by Crippen LogP contribution is -2.26. The molecule has 0 aliphatic carbocycles. The number of carbonyl (C=O) groups is 2. The summed E-state index contributed by atoms with van der Waals surface area (Å²) in [5, 5.41) is 5.05. The Morgan fingerprint density at radius 2 is 2.14 bits per heavy atom. The highest BCUT2D eigenvalue weighted by atomic mass is 32.1. The van der Waals surface area contributed by atoms with Gasteiger partial charge in [0.25, 0.3) is 5.91 Å². The summed E-state index contributed by atoms with van der Waals surface area (Å²) in [5.74, 6) is 2.32. The second-order valence-electron chi connectivity index (χ2n) is 6.82. The van der Waals surface area contributed by atoms with Crippen LogP contribution in [0.1, 0.15) is 26.6 Å². The molecule has 2 aromatic carbocycles. The van der Waals surface area contributed by atoms with Gasteiger partial charge in [0.15, 0.2) is 5.01 Å². The first kappa shape index (κ1) is 18.9. The van der Waals surface area contributed by atoms with Crippen molar-refractivity contribution in [2.75, 3.05) is 18.5 Å². The molecule has 144 valence electrons. The molecule has 0 atom stereocenters. The van der Waals surface area contributed by atoms with Crippen LogP contribution in [0.5, 0.6) is 0 Å². The van der Waals surface area contributed by atoms with Crippen LogP contribution in [0.2, 0.25) is 0 Å². The number of fused-ring (bicyclic) bond motifs is 1. The summed E-state index contributed by atoms with van der Waals surface area (Å²) in [7, 11) is 1.81. The molecule has 0 fully saturated rings. The number of amides is 2. The van der Waals surface area contributed by atoms with E-state index in [2.05, 4.69) is 34.4 Å². The first-order valence-corrected chi connectivity index (χ1v) is 10.1. The third-order valence-electron chi connectivity index (χ3n) is 5.01. The number of aromatic nitrogens is 1. The second-order valence-corrected chi connectivity index (χ2v) is 7.68. The number of carbonyl (C=O) groups excluding carboxylic acids is 2. The van der Waals surface area contributed by atoms with Crippen molar-refractivity contribution in [3.8, 4) is 23.5 Å². The molecule has 0 unspecified atom stereocenters. The molecule has 6 heteroatoms. The van der Waals surface area contributed by atoms with Gasteiger partial charge < -0.3 is 10.2 Å². The van der Waals surface area contributed by atoms with E-state index < -0.39 is 0 Å². The van der Waals surface area contributed by atoms with E-state index in [1.165, 1.54) is 11.3 Å². The highest BCUT2D eigenvalue weighted by Crippen LogP contribution is 2.36. The monoisotopic (exact) mass is 401 g/mol. The van der Waals surface area contributed by atoms with E-state index in [9.17, 15) is 9.59 Å². The van der Waals surface area contributed by atoms with Crippen molar-refractivity contribution in [2.24, 2.45) is 0 Å². The standard InChI is InChI=1S/C23H19N3O2S/c1-3-21-25-19(14-29-21)23(28)24-11-10-15-6-4-7-16(12-15)17-8-5-9-20-18(17)13-22(27)26(20)2/h1,4-9,12,14H,10-11,13H2,2H3,(H,24,28). The Morgan fingerprint density at radius 3 is 2.93 bits per heavy atom. The fourth-order valence-electron chi connectivity index (χ4n) is 3.50. The molecule has 1 N–H and O–H groups in total. The third-order valence-corrected chi connectivity index (χ3v) is 5.79. The predicted octanol–water partition coefficient (Wildman–Crippen LogP) is 3.28. The smallest absolute Gasteiger partial charge is 0.270 e. The van der Waals surface area contributed by atoms with Gasteiger partial charge in [0.05, 0.1) is 6.42 Å². The van der Waals surface area contributed by atoms with Crippen molar-refractivity contribution in [2.45, 2.75) is 12.8 Å². The molecular formula is C23H19N3O2S. The van der Waals surface area contributed by atoms with E-state index in [1.54, 1.807) is 10.3 Å². The van der Waals surface area contributed by atoms with E-state index in [4.69, 9.17) is 6.42 Å². The number of terminal acetylenes is 1. The maximum Gasteiger partial charge on any atom is 0.270 e. The molecule has 0 radical (unpaired) electrons. The predicted molar refractivity (Wildman–Crippen MR) is 115 cm³/mol. The highest BCUT2D eigenvalue weighted by Gasteiger charge is 2.26. The van der Waals surface area contributed by atoms with Gasteiger partial charge in [-0.25, -0.2) is 4.98 Å². The highest BCUT2D eigenvalue weighted by molar-refractivity contribution is 7.10. The van der Waals surface area contributed by atoms with E-state index in [0.29, 0.717) is 30.1 Å². The van der Waals surface area contributed by atoms with Crippen molar-refractivity contribution in [3.05, 3.63) is 69.7 Å². The number of benzene rings is 2. The van der Waals surface area contributed by atoms with Crippen molar-refractivity contribution < 1.29 is 9.59 Å². The van der Waals surface area contributed by atoms with Gasteiger partial charge in [-0.05, 0) is 40.7 Å². The van der Waals surface area contributed by atoms with Crippen molar-refractivity contribution in [1.29, 1.82) is 0 Å². The van der Waals surface area contributed by atoms with Crippen LogP contribution in [0.4, 0.5) is 5.69 Å². The summed E-state index contributed by atoms with van der Waals surface area (Å²) in [6.07, 6.45) is 6.42. The van der Waals surface area contributed by atoms with Gasteiger partial charge in [0, 0.05) is 24.7 Å². The van der Waals surface area contributed by atoms with Crippen molar-refractivity contribution in [3.63, 3.8) is 0 Å². The maximum absolute atomic E-state index is 12.2. The lowest BCUT2D eigenvalue weighted by atomic mass is 9.96. The molecule has 0 saturated carbocycles. The van der Waals surface area contributed by atoms with Gasteiger partial charge in [0.2, 0.25) is 5.91 Å². The van der Waals surface area contributed by atoms with Crippen LogP contribution < -0.4 is 10.2 Å². The number of hydrogen-bond acceptors (Lipinski definition) is 4. The zero-order chi connectivity index (χ0) is 20.4. The number of hydrogen-bond donors (Lipinski definition) is 1. The van der Waals surface area contributed by atoms with Gasteiger partial charge in [-0.1, -0.05) is 36.4 Å². The van der Waals surface area contributed by atoms with Crippen LogP contribution in [0, 0.1) is 12.3 Å². The summed E-state index contributed by atoms with van der Waals surface area (Å²) in [4.78, 5) is 30.1. The Balaban J connectivity index is 1.46. The lowest BCUT2D eigenvalue weighted by Gasteiger charge is -2.12. The molecule has 1 aromatic heterocycles. The maximum atomic E-state index is 12.2. The minimum absolute atomic E-state index is 0.112. The van der Waals surface area contributed by atoms with Crippen molar-refractivity contribution >= 4 is 28.8 Å². The molecule has 4 rings (SSSR count). The Kier molecular flexibility index (Phi) is 5.15. The normalized spacial score (nSPS) is 12.6. The Bertz CT molecular complexity index is 1140. The lowest BCUT2D eigenvalue weighted by molar-refractivity contribution is -0.117. The number of rotatable bonds is 5. The summed E-state index contributed by atoms with van der Waals surface area (Å²) in [6, 6.07) is 14.2. The Morgan fingerprint density at radius 1 is 1.31 bits per heavy atom. The average molecular weight is 401 g/mol. The molecule has 0 bridgehead atoms. The third kappa shape index (κ3) is 3.78. The molecule has 29 heavy (non-hydrogen) atoms. The van der Waals surface area contributed by atoms with Crippen LogP contribution in [-0.2, 0) is 17.6 Å². The van der Waals surface area contributed by atoms with E-state index in [-0.39, 0.29) is 11.8 Å².